The van der Waals surface area contributed by atoms with Gasteiger partial charge in [0.15, 0.2) is 0 Å². The van der Waals surface area contributed by atoms with E-state index in [9.17, 15) is 9.59 Å². The van der Waals surface area contributed by atoms with Crippen LogP contribution in [0, 0.1) is 0 Å². The third kappa shape index (κ3) is 25.7. The van der Waals surface area contributed by atoms with Crippen molar-refractivity contribution in [1.82, 2.24) is 4.90 Å². The van der Waals surface area contributed by atoms with E-state index in [1.807, 2.05) is 0 Å². The molecule has 0 saturated carbocycles. The number of hydrogen-bond acceptors (Lipinski definition) is 4. The van der Waals surface area contributed by atoms with Gasteiger partial charge in [0.25, 0.3) is 0 Å². The lowest BCUT2D eigenvalue weighted by Crippen LogP contribution is -2.31. The monoisotopic (exact) mass is 481 g/mol. The zero-order chi connectivity index (χ0) is 25.1. The molecular formula is C30H59NO3. The van der Waals surface area contributed by atoms with E-state index in [-0.39, 0.29) is 11.8 Å². The van der Waals surface area contributed by atoms with Crippen LogP contribution in [0.4, 0.5) is 0 Å². The summed E-state index contributed by atoms with van der Waals surface area (Å²) in [7, 11) is 0. The number of esters is 1. The molecule has 0 aliphatic rings. The van der Waals surface area contributed by atoms with Crippen molar-refractivity contribution >= 4 is 11.8 Å². The van der Waals surface area contributed by atoms with E-state index in [0.717, 1.165) is 38.8 Å². The normalized spacial score (nSPS) is 11.3. The summed E-state index contributed by atoms with van der Waals surface area (Å²) in [5, 5.41) is 0. The topological polar surface area (TPSA) is 46.6 Å². The zero-order valence-electron chi connectivity index (χ0n) is 23.3. The first-order chi connectivity index (χ1) is 16.6. The van der Waals surface area contributed by atoms with Gasteiger partial charge in [0.05, 0.1) is 13.2 Å². The van der Waals surface area contributed by atoms with Gasteiger partial charge in [0.2, 0.25) is 0 Å². The van der Waals surface area contributed by atoms with Crippen molar-refractivity contribution in [3.63, 3.8) is 0 Å². The Kier molecular flexibility index (Phi) is 26.0. The van der Waals surface area contributed by atoms with Crippen LogP contribution >= 0.6 is 0 Å². The Hall–Kier alpha value is -0.900. The highest BCUT2D eigenvalue weighted by Gasteiger charge is 2.09. The fourth-order valence-electron chi connectivity index (χ4n) is 4.53. The van der Waals surface area contributed by atoms with Crippen LogP contribution in [0.5, 0.6) is 0 Å². The Balaban J connectivity index is 3.66. The number of unbranched alkanes of at least 4 members (excludes halogenated alkanes) is 17. The van der Waals surface area contributed by atoms with Crippen molar-refractivity contribution in [3.8, 4) is 0 Å². The Bertz CT molecular complexity index is 452. The van der Waals surface area contributed by atoms with Gasteiger partial charge in [-0.2, -0.15) is 0 Å². The molecule has 0 spiro atoms. The van der Waals surface area contributed by atoms with E-state index in [4.69, 9.17) is 4.74 Å². The summed E-state index contributed by atoms with van der Waals surface area (Å²) in [6.45, 7) is 8.97. The average Bonchev–Trinajstić information content (AvgIpc) is 2.81. The first-order valence-electron chi connectivity index (χ1n) is 15.0. The molecule has 0 bridgehead atoms. The standard InChI is InChI=1S/C30H59NO3/c1-4-6-8-10-12-13-14-15-16-18-20-22-25-31(28-29(3)32)26-23-27-34-30(33)24-21-19-17-11-9-7-5-2/h4-28H2,1-3H3. The molecule has 34 heavy (non-hydrogen) atoms. The molecule has 0 unspecified atom stereocenters. The highest BCUT2D eigenvalue weighted by molar-refractivity contribution is 5.77. The largest absolute Gasteiger partial charge is 0.466 e. The van der Waals surface area contributed by atoms with Gasteiger partial charge in [-0.3, -0.25) is 14.5 Å². The quantitative estimate of drug-likeness (QED) is 0.0869. The molecule has 0 fully saturated rings. The van der Waals surface area contributed by atoms with Crippen LogP contribution in [-0.4, -0.2) is 42.9 Å². The van der Waals surface area contributed by atoms with E-state index in [0.29, 0.717) is 19.6 Å². The summed E-state index contributed by atoms with van der Waals surface area (Å²) < 4.78 is 5.41. The van der Waals surface area contributed by atoms with E-state index in [1.54, 1.807) is 6.92 Å². The molecule has 4 heteroatoms. The number of hydrogen-bond donors (Lipinski definition) is 0. The minimum Gasteiger partial charge on any atom is -0.466 e. The number of ketones is 1. The van der Waals surface area contributed by atoms with Crippen molar-refractivity contribution in [3.05, 3.63) is 0 Å². The first-order valence-corrected chi connectivity index (χ1v) is 15.0. The Morgan fingerprint density at radius 1 is 0.559 bits per heavy atom. The van der Waals surface area contributed by atoms with Gasteiger partial charge < -0.3 is 4.74 Å². The number of Topliss-reactive ketones (excluding diaryl/α,β-unsaturated/α-hetero) is 1. The van der Waals surface area contributed by atoms with Crippen molar-refractivity contribution in [2.45, 2.75) is 156 Å². The van der Waals surface area contributed by atoms with Crippen LogP contribution in [-0.2, 0) is 14.3 Å². The minimum absolute atomic E-state index is 0.0624. The predicted molar refractivity (Wildman–Crippen MR) is 146 cm³/mol. The van der Waals surface area contributed by atoms with Gasteiger partial charge in [0.1, 0.15) is 5.78 Å². The molecular weight excluding hydrogens is 422 g/mol. The summed E-state index contributed by atoms with van der Waals surface area (Å²) in [6.07, 6.45) is 26.0. The molecule has 0 aliphatic carbocycles. The number of carbonyl (C=O) groups excluding carboxylic acids is 2. The third-order valence-corrected chi connectivity index (χ3v) is 6.64. The Morgan fingerprint density at radius 2 is 0.971 bits per heavy atom. The summed E-state index contributed by atoms with van der Waals surface area (Å²) in [4.78, 5) is 25.8. The maximum absolute atomic E-state index is 11.9. The fraction of sp³-hybridized carbons (Fsp3) is 0.933. The van der Waals surface area contributed by atoms with E-state index >= 15 is 0 Å². The van der Waals surface area contributed by atoms with Crippen LogP contribution in [0.1, 0.15) is 156 Å². The first kappa shape index (κ1) is 33.1. The number of nitrogens with zero attached hydrogens (tertiary/aromatic N) is 1. The molecule has 4 nitrogen and oxygen atoms in total. The summed E-state index contributed by atoms with van der Waals surface area (Å²) in [5.74, 6) is 0.155. The second-order valence-corrected chi connectivity index (χ2v) is 10.3. The molecule has 0 N–H and O–H groups in total. The number of carbonyl (C=O) groups is 2. The van der Waals surface area contributed by atoms with Gasteiger partial charge in [-0.15, -0.1) is 0 Å². The SMILES string of the molecule is CCCCCCCCCCCCCCN(CCCOC(=O)CCCCCCCCC)CC(C)=O. The lowest BCUT2D eigenvalue weighted by atomic mass is 10.1. The van der Waals surface area contributed by atoms with Crippen LogP contribution in [0.15, 0.2) is 0 Å². The van der Waals surface area contributed by atoms with E-state index in [1.165, 1.54) is 103 Å². The Morgan fingerprint density at radius 3 is 1.44 bits per heavy atom. The fourth-order valence-corrected chi connectivity index (χ4v) is 4.53. The molecule has 0 amide bonds. The van der Waals surface area contributed by atoms with Gasteiger partial charge >= 0.3 is 5.97 Å². The predicted octanol–water partition coefficient (Wildman–Crippen LogP) is 8.65. The van der Waals surface area contributed by atoms with Gasteiger partial charge in [-0.25, -0.2) is 0 Å². The molecule has 0 aromatic carbocycles. The van der Waals surface area contributed by atoms with E-state index in [2.05, 4.69) is 18.7 Å². The van der Waals surface area contributed by atoms with Crippen LogP contribution in [0.3, 0.4) is 0 Å². The van der Waals surface area contributed by atoms with Crippen molar-refractivity contribution in [1.29, 1.82) is 0 Å². The lowest BCUT2D eigenvalue weighted by molar-refractivity contribution is -0.144. The molecule has 0 aliphatic heterocycles. The van der Waals surface area contributed by atoms with E-state index < -0.39 is 0 Å². The third-order valence-electron chi connectivity index (χ3n) is 6.64. The molecule has 0 aromatic rings. The van der Waals surface area contributed by atoms with Crippen molar-refractivity contribution in [2.24, 2.45) is 0 Å². The molecule has 0 rings (SSSR count). The van der Waals surface area contributed by atoms with Crippen LogP contribution < -0.4 is 0 Å². The van der Waals surface area contributed by atoms with Crippen molar-refractivity contribution < 1.29 is 14.3 Å². The summed E-state index contributed by atoms with van der Waals surface area (Å²) in [6, 6.07) is 0. The zero-order valence-corrected chi connectivity index (χ0v) is 23.3. The number of ether oxygens (including phenoxy) is 1. The van der Waals surface area contributed by atoms with Crippen molar-refractivity contribution in [2.75, 3.05) is 26.2 Å². The van der Waals surface area contributed by atoms with Crippen LogP contribution in [0.2, 0.25) is 0 Å². The minimum atomic E-state index is -0.0624. The molecule has 202 valence electrons. The van der Waals surface area contributed by atoms with Crippen LogP contribution in [0.25, 0.3) is 0 Å². The van der Waals surface area contributed by atoms with Gasteiger partial charge in [0, 0.05) is 13.0 Å². The molecule has 0 aromatic heterocycles. The van der Waals surface area contributed by atoms with Gasteiger partial charge in [-0.05, 0) is 32.7 Å². The average molecular weight is 482 g/mol. The summed E-state index contributed by atoms with van der Waals surface area (Å²) >= 11 is 0. The molecule has 0 saturated heterocycles. The lowest BCUT2D eigenvalue weighted by Gasteiger charge is -2.20. The second kappa shape index (κ2) is 26.7. The molecule has 0 heterocycles. The van der Waals surface area contributed by atoms with Gasteiger partial charge in [-0.1, -0.05) is 123 Å². The molecule has 0 atom stereocenters. The highest BCUT2D eigenvalue weighted by atomic mass is 16.5. The number of rotatable bonds is 27. The maximum atomic E-state index is 11.9. The highest BCUT2D eigenvalue weighted by Crippen LogP contribution is 2.12. The Labute approximate surface area is 213 Å². The summed E-state index contributed by atoms with van der Waals surface area (Å²) in [5.41, 5.74) is 0. The second-order valence-electron chi connectivity index (χ2n) is 10.3. The smallest absolute Gasteiger partial charge is 0.305 e. The molecule has 0 radical (unpaired) electrons. The maximum Gasteiger partial charge on any atom is 0.305 e.